The van der Waals surface area contributed by atoms with Gasteiger partial charge in [-0.2, -0.15) is 0 Å². The van der Waals surface area contributed by atoms with Crippen LogP contribution in [0.5, 0.6) is 0 Å². The number of aromatic nitrogens is 1. The van der Waals surface area contributed by atoms with Gasteiger partial charge in [0.05, 0.1) is 5.03 Å². The fraction of sp³-hybridized carbons (Fsp3) is 0.643. The molecule has 0 aliphatic rings. The molecule has 0 aliphatic carbocycles. The van der Waals surface area contributed by atoms with Gasteiger partial charge in [-0.3, -0.25) is 0 Å². The normalized spacial score (nSPS) is 11.4. The molecule has 0 amide bonds. The molecule has 0 unspecified atom stereocenters. The second kappa shape index (κ2) is 7.72. The van der Waals surface area contributed by atoms with Crippen LogP contribution in [0.3, 0.4) is 0 Å². The molecule has 1 heterocycles. The first kappa shape index (κ1) is 14.5. The van der Waals surface area contributed by atoms with Gasteiger partial charge in [-0.05, 0) is 30.0 Å². The minimum atomic E-state index is 0.698. The zero-order valence-corrected chi connectivity index (χ0v) is 12.2. The van der Waals surface area contributed by atoms with Crippen molar-refractivity contribution in [3.8, 4) is 0 Å². The Labute approximate surface area is 110 Å². The van der Waals surface area contributed by atoms with Gasteiger partial charge >= 0.3 is 0 Å². The van der Waals surface area contributed by atoms with E-state index in [9.17, 15) is 0 Å². The Bertz CT molecular complexity index is 307. The van der Waals surface area contributed by atoms with E-state index in [0.717, 1.165) is 23.9 Å². The Morgan fingerprint density at radius 3 is 2.47 bits per heavy atom. The lowest BCUT2D eigenvalue weighted by molar-refractivity contribution is 0.551. The highest BCUT2D eigenvalue weighted by Crippen LogP contribution is 2.18. The van der Waals surface area contributed by atoms with E-state index in [0.29, 0.717) is 11.8 Å². The third kappa shape index (κ3) is 6.69. The molecular weight excluding hydrogens is 228 g/mol. The third-order valence-corrected chi connectivity index (χ3v) is 3.61. The van der Waals surface area contributed by atoms with Gasteiger partial charge in [0.1, 0.15) is 0 Å². The van der Waals surface area contributed by atoms with Crippen molar-refractivity contribution in [2.45, 2.75) is 39.3 Å². The molecule has 0 aliphatic heterocycles. The Morgan fingerprint density at radius 2 is 1.94 bits per heavy atom. The van der Waals surface area contributed by atoms with E-state index in [2.05, 4.69) is 50.1 Å². The molecule has 0 bridgehead atoms. The standard InChI is InChI=1S/C14H24N2S/c1-11(2)7-15-8-13-5-6-14(16-9-13)17-10-12(3)4/h5-6,9,11-12,15H,7-8,10H2,1-4H3. The van der Waals surface area contributed by atoms with Crippen molar-refractivity contribution in [1.29, 1.82) is 0 Å². The number of rotatable bonds is 7. The summed E-state index contributed by atoms with van der Waals surface area (Å²) in [5.41, 5.74) is 1.26. The van der Waals surface area contributed by atoms with Crippen molar-refractivity contribution in [3.05, 3.63) is 23.9 Å². The van der Waals surface area contributed by atoms with Crippen LogP contribution >= 0.6 is 11.8 Å². The molecule has 0 radical (unpaired) electrons. The van der Waals surface area contributed by atoms with E-state index in [1.54, 1.807) is 0 Å². The average Bonchev–Trinajstić information content (AvgIpc) is 2.27. The van der Waals surface area contributed by atoms with Crippen molar-refractivity contribution in [2.24, 2.45) is 11.8 Å². The molecule has 0 saturated carbocycles. The number of hydrogen-bond donors (Lipinski definition) is 1. The largest absolute Gasteiger partial charge is 0.312 e. The van der Waals surface area contributed by atoms with Crippen LogP contribution in [-0.4, -0.2) is 17.3 Å². The topological polar surface area (TPSA) is 24.9 Å². The Kier molecular flexibility index (Phi) is 6.60. The number of nitrogens with one attached hydrogen (secondary N) is 1. The molecule has 0 saturated heterocycles. The lowest BCUT2D eigenvalue weighted by Crippen LogP contribution is -2.18. The van der Waals surface area contributed by atoms with Crippen LogP contribution in [0.15, 0.2) is 23.4 Å². The van der Waals surface area contributed by atoms with Crippen LogP contribution in [0.4, 0.5) is 0 Å². The lowest BCUT2D eigenvalue weighted by atomic mass is 10.2. The lowest BCUT2D eigenvalue weighted by Gasteiger charge is -2.08. The molecule has 1 N–H and O–H groups in total. The summed E-state index contributed by atoms with van der Waals surface area (Å²) in [5.74, 6) is 2.55. The maximum atomic E-state index is 4.47. The maximum Gasteiger partial charge on any atom is 0.0960 e. The van der Waals surface area contributed by atoms with Gasteiger partial charge in [-0.1, -0.05) is 33.8 Å². The molecule has 2 nitrogen and oxygen atoms in total. The zero-order chi connectivity index (χ0) is 12.7. The highest BCUT2D eigenvalue weighted by Gasteiger charge is 2.00. The molecule has 17 heavy (non-hydrogen) atoms. The minimum Gasteiger partial charge on any atom is -0.312 e. The van der Waals surface area contributed by atoms with Crippen LogP contribution in [0.2, 0.25) is 0 Å². The molecular formula is C14H24N2S. The molecule has 0 atom stereocenters. The number of thioether (sulfide) groups is 1. The maximum absolute atomic E-state index is 4.47. The minimum absolute atomic E-state index is 0.698. The van der Waals surface area contributed by atoms with Crippen molar-refractivity contribution in [2.75, 3.05) is 12.3 Å². The van der Waals surface area contributed by atoms with E-state index in [4.69, 9.17) is 0 Å². The Balaban J connectivity index is 2.34. The summed E-state index contributed by atoms with van der Waals surface area (Å²) in [6.07, 6.45) is 1.98. The summed E-state index contributed by atoms with van der Waals surface area (Å²) in [6, 6.07) is 4.29. The Hall–Kier alpha value is -0.540. The van der Waals surface area contributed by atoms with Crippen LogP contribution in [0.1, 0.15) is 33.3 Å². The summed E-state index contributed by atoms with van der Waals surface area (Å²) >= 11 is 1.83. The van der Waals surface area contributed by atoms with Crippen molar-refractivity contribution in [3.63, 3.8) is 0 Å². The predicted molar refractivity (Wildman–Crippen MR) is 76.3 cm³/mol. The SMILES string of the molecule is CC(C)CNCc1ccc(SCC(C)C)nc1. The van der Waals surface area contributed by atoms with E-state index >= 15 is 0 Å². The van der Waals surface area contributed by atoms with Crippen molar-refractivity contribution < 1.29 is 0 Å². The van der Waals surface area contributed by atoms with Crippen LogP contribution in [0.25, 0.3) is 0 Å². The molecule has 0 spiro atoms. The van der Waals surface area contributed by atoms with Gasteiger partial charge < -0.3 is 5.32 Å². The van der Waals surface area contributed by atoms with Gasteiger partial charge in [0, 0.05) is 18.5 Å². The van der Waals surface area contributed by atoms with Gasteiger partial charge in [0.2, 0.25) is 0 Å². The number of pyridine rings is 1. The summed E-state index contributed by atoms with van der Waals surface area (Å²) < 4.78 is 0. The zero-order valence-electron chi connectivity index (χ0n) is 11.4. The second-order valence-electron chi connectivity index (χ2n) is 5.23. The molecule has 0 fully saturated rings. The molecule has 1 rings (SSSR count). The monoisotopic (exact) mass is 252 g/mol. The summed E-state index contributed by atoms with van der Waals surface area (Å²) in [4.78, 5) is 4.47. The highest BCUT2D eigenvalue weighted by molar-refractivity contribution is 7.99. The van der Waals surface area contributed by atoms with Gasteiger partial charge in [0.15, 0.2) is 0 Å². The molecule has 3 heteroatoms. The fourth-order valence-electron chi connectivity index (χ4n) is 1.36. The van der Waals surface area contributed by atoms with E-state index in [1.165, 1.54) is 5.56 Å². The smallest absolute Gasteiger partial charge is 0.0960 e. The molecule has 0 aromatic carbocycles. The van der Waals surface area contributed by atoms with Gasteiger partial charge in [-0.15, -0.1) is 11.8 Å². The summed E-state index contributed by atoms with van der Waals surface area (Å²) in [5, 5.41) is 4.55. The molecule has 96 valence electrons. The third-order valence-electron chi connectivity index (χ3n) is 2.24. The van der Waals surface area contributed by atoms with E-state index in [1.807, 2.05) is 18.0 Å². The van der Waals surface area contributed by atoms with Gasteiger partial charge in [-0.25, -0.2) is 4.98 Å². The van der Waals surface area contributed by atoms with Crippen LogP contribution in [-0.2, 0) is 6.54 Å². The Morgan fingerprint density at radius 1 is 1.18 bits per heavy atom. The van der Waals surface area contributed by atoms with Gasteiger partial charge in [0.25, 0.3) is 0 Å². The highest BCUT2D eigenvalue weighted by atomic mass is 32.2. The fourth-order valence-corrected chi connectivity index (χ4v) is 2.15. The first-order valence-electron chi connectivity index (χ1n) is 6.36. The van der Waals surface area contributed by atoms with Crippen LogP contribution in [0, 0.1) is 11.8 Å². The summed E-state index contributed by atoms with van der Waals surface area (Å²) in [6.45, 7) is 10.9. The first-order valence-corrected chi connectivity index (χ1v) is 7.35. The molecule has 1 aromatic rings. The second-order valence-corrected chi connectivity index (χ2v) is 6.27. The average molecular weight is 252 g/mol. The summed E-state index contributed by atoms with van der Waals surface area (Å²) in [7, 11) is 0. The van der Waals surface area contributed by atoms with Crippen molar-refractivity contribution in [1.82, 2.24) is 10.3 Å². The predicted octanol–water partition coefficient (Wildman–Crippen LogP) is 3.58. The first-order chi connectivity index (χ1) is 8.08. The van der Waals surface area contributed by atoms with E-state index in [-0.39, 0.29) is 0 Å². The van der Waals surface area contributed by atoms with Crippen molar-refractivity contribution >= 4 is 11.8 Å². The van der Waals surface area contributed by atoms with E-state index < -0.39 is 0 Å². The number of nitrogens with zero attached hydrogens (tertiary/aromatic N) is 1. The number of hydrogen-bond acceptors (Lipinski definition) is 3. The quantitative estimate of drug-likeness (QED) is 0.751. The van der Waals surface area contributed by atoms with Crippen LogP contribution < -0.4 is 5.32 Å². The molecule has 1 aromatic heterocycles.